The van der Waals surface area contributed by atoms with Crippen LogP contribution >= 0.6 is 23.2 Å². The highest BCUT2D eigenvalue weighted by atomic mass is 35.5. The van der Waals surface area contributed by atoms with Crippen LogP contribution < -0.4 is 14.4 Å². The van der Waals surface area contributed by atoms with Crippen LogP contribution in [0, 0.1) is 6.92 Å². The first-order chi connectivity index (χ1) is 16.3. The predicted octanol–water partition coefficient (Wildman–Crippen LogP) is 5.34. The quantitative estimate of drug-likeness (QED) is 0.290. The number of Topliss-reactive ketones (excluding diaryl/α,β-unsaturated/α-hetero) is 1. The second-order valence-corrected chi connectivity index (χ2v) is 8.39. The Bertz CT molecular complexity index is 1320. The number of aliphatic hydroxyl groups excluding tert-OH is 1. The smallest absolute Gasteiger partial charge is 0.300 e. The average molecular weight is 499 g/mol. The molecule has 34 heavy (non-hydrogen) atoms. The van der Waals surface area contributed by atoms with Gasteiger partial charge in [0.25, 0.3) is 11.7 Å². The van der Waals surface area contributed by atoms with E-state index >= 15 is 0 Å². The van der Waals surface area contributed by atoms with Crippen molar-refractivity contribution in [1.82, 2.24) is 4.98 Å². The summed E-state index contributed by atoms with van der Waals surface area (Å²) in [6.07, 6.45) is 1.55. The maximum absolute atomic E-state index is 13.3. The van der Waals surface area contributed by atoms with E-state index in [1.165, 1.54) is 31.3 Å². The molecule has 0 aliphatic carbocycles. The maximum atomic E-state index is 13.3. The number of aromatic nitrogens is 1. The number of amides is 1. The van der Waals surface area contributed by atoms with E-state index in [9.17, 15) is 14.7 Å². The molecule has 1 unspecified atom stereocenters. The molecule has 2 heterocycles. The third kappa shape index (κ3) is 3.97. The van der Waals surface area contributed by atoms with Crippen LogP contribution in [-0.4, -0.2) is 36.0 Å². The van der Waals surface area contributed by atoms with Crippen LogP contribution in [0.15, 0.2) is 60.3 Å². The topological polar surface area (TPSA) is 89.0 Å². The number of hydrogen-bond donors (Lipinski definition) is 1. The Kier molecular flexibility index (Phi) is 6.50. The highest BCUT2D eigenvalue weighted by molar-refractivity contribution is 6.52. The van der Waals surface area contributed by atoms with E-state index in [1.54, 1.807) is 49.5 Å². The molecule has 174 valence electrons. The number of hydrogen-bond acceptors (Lipinski definition) is 6. The van der Waals surface area contributed by atoms with E-state index in [1.807, 2.05) is 0 Å². The summed E-state index contributed by atoms with van der Waals surface area (Å²) in [5.41, 5.74) is 1.53. The molecule has 3 aromatic rings. The number of carbonyl (C=O) groups excluding carboxylic acids is 2. The molecule has 1 aliphatic heterocycles. The summed E-state index contributed by atoms with van der Waals surface area (Å²) in [5.74, 6) is -1.60. The van der Waals surface area contributed by atoms with Gasteiger partial charge in [0.1, 0.15) is 23.3 Å². The lowest BCUT2D eigenvalue weighted by molar-refractivity contribution is -0.132. The van der Waals surface area contributed by atoms with E-state index in [0.717, 1.165) is 5.56 Å². The number of methoxy groups -OCH3 is 2. The van der Waals surface area contributed by atoms with Gasteiger partial charge in [-0.25, -0.2) is 0 Å². The zero-order valence-electron chi connectivity index (χ0n) is 18.5. The summed E-state index contributed by atoms with van der Waals surface area (Å²) < 4.78 is 10.6. The van der Waals surface area contributed by atoms with E-state index < -0.39 is 23.5 Å². The number of nitrogens with zero attached hydrogens (tertiary/aromatic N) is 2. The molecular formula is C25H20Cl2N2O5. The summed E-state index contributed by atoms with van der Waals surface area (Å²) in [5, 5.41) is 12.0. The van der Waals surface area contributed by atoms with Crippen LogP contribution in [0.5, 0.6) is 11.5 Å². The zero-order valence-corrected chi connectivity index (χ0v) is 20.0. The predicted molar refractivity (Wildman–Crippen MR) is 130 cm³/mol. The normalized spacial score (nSPS) is 17.2. The minimum atomic E-state index is -1.01. The zero-order chi connectivity index (χ0) is 24.6. The standard InChI is InChI=1S/C25H20Cl2N2O5/c1-13-7-8-14(26)10-18(13)29-22(17-6-4-5-9-28-17)21(24(31)25(29)32)23(30)15-11-16(27)20(34-3)12-19(15)33-2/h4-12,22,30H,1-3H3/b23-21+. The van der Waals surface area contributed by atoms with Crippen LogP contribution in [0.3, 0.4) is 0 Å². The lowest BCUT2D eigenvalue weighted by atomic mass is 9.97. The minimum absolute atomic E-state index is 0.134. The summed E-state index contributed by atoms with van der Waals surface area (Å²) >= 11 is 12.5. The van der Waals surface area contributed by atoms with Crippen molar-refractivity contribution in [2.45, 2.75) is 13.0 Å². The van der Waals surface area contributed by atoms with Gasteiger partial charge in [-0.1, -0.05) is 35.3 Å². The number of ether oxygens (including phenoxy) is 2. The van der Waals surface area contributed by atoms with Crippen molar-refractivity contribution in [2.24, 2.45) is 0 Å². The van der Waals surface area contributed by atoms with Gasteiger partial charge >= 0.3 is 0 Å². The summed E-state index contributed by atoms with van der Waals surface area (Å²) in [7, 11) is 2.85. The Morgan fingerprint density at radius 2 is 1.76 bits per heavy atom. The van der Waals surface area contributed by atoms with Crippen molar-refractivity contribution in [2.75, 3.05) is 19.1 Å². The van der Waals surface area contributed by atoms with Crippen molar-refractivity contribution in [1.29, 1.82) is 0 Å². The molecule has 1 N–H and O–H groups in total. The van der Waals surface area contributed by atoms with Gasteiger partial charge in [0.15, 0.2) is 0 Å². The third-order valence-electron chi connectivity index (χ3n) is 5.57. The maximum Gasteiger partial charge on any atom is 0.300 e. The summed E-state index contributed by atoms with van der Waals surface area (Å²) in [6.45, 7) is 1.80. The number of rotatable bonds is 5. The highest BCUT2D eigenvalue weighted by Gasteiger charge is 2.48. The van der Waals surface area contributed by atoms with Gasteiger partial charge < -0.3 is 14.6 Å². The average Bonchev–Trinajstić information content (AvgIpc) is 3.10. The summed E-state index contributed by atoms with van der Waals surface area (Å²) in [4.78, 5) is 32.3. The molecule has 0 spiro atoms. The van der Waals surface area contributed by atoms with Gasteiger partial charge in [-0.3, -0.25) is 19.5 Å². The fourth-order valence-corrected chi connectivity index (χ4v) is 4.34. The number of aryl methyl sites for hydroxylation is 1. The molecule has 1 aliphatic rings. The molecule has 2 aromatic carbocycles. The van der Waals surface area contributed by atoms with E-state index in [-0.39, 0.29) is 21.9 Å². The van der Waals surface area contributed by atoms with Gasteiger partial charge in [0, 0.05) is 23.0 Å². The Balaban J connectivity index is 2.01. The van der Waals surface area contributed by atoms with Gasteiger partial charge in [-0.2, -0.15) is 0 Å². The van der Waals surface area contributed by atoms with Crippen LogP contribution in [0.1, 0.15) is 22.9 Å². The first-order valence-electron chi connectivity index (χ1n) is 10.2. The first-order valence-corrected chi connectivity index (χ1v) is 10.9. The molecule has 1 saturated heterocycles. The van der Waals surface area contributed by atoms with Gasteiger partial charge in [-0.05, 0) is 42.8 Å². The van der Waals surface area contributed by atoms with Crippen molar-refractivity contribution in [3.05, 3.63) is 87.2 Å². The van der Waals surface area contributed by atoms with Crippen LogP contribution in [0.4, 0.5) is 5.69 Å². The number of carbonyl (C=O) groups is 2. The molecule has 1 aromatic heterocycles. The molecule has 4 rings (SSSR count). The van der Waals surface area contributed by atoms with Gasteiger partial charge in [-0.15, -0.1) is 0 Å². The van der Waals surface area contributed by atoms with Crippen molar-refractivity contribution >= 4 is 46.3 Å². The van der Waals surface area contributed by atoms with Crippen LogP contribution in [0.25, 0.3) is 5.76 Å². The van der Waals surface area contributed by atoms with E-state index in [4.69, 9.17) is 32.7 Å². The number of halogens is 2. The van der Waals surface area contributed by atoms with Crippen LogP contribution in [0.2, 0.25) is 10.0 Å². The Labute approximate surface area is 206 Å². The highest BCUT2D eigenvalue weighted by Crippen LogP contribution is 2.45. The van der Waals surface area contributed by atoms with E-state index in [0.29, 0.717) is 22.2 Å². The monoisotopic (exact) mass is 498 g/mol. The fraction of sp³-hybridized carbons (Fsp3) is 0.160. The molecule has 1 fully saturated rings. The molecular weight excluding hydrogens is 479 g/mol. The summed E-state index contributed by atoms with van der Waals surface area (Å²) in [6, 6.07) is 12.1. The van der Waals surface area contributed by atoms with Gasteiger partial charge in [0.05, 0.1) is 36.1 Å². The molecule has 1 amide bonds. The third-order valence-corrected chi connectivity index (χ3v) is 6.10. The number of anilines is 1. The second kappa shape index (κ2) is 9.37. The Hall–Kier alpha value is -3.55. The number of aliphatic hydroxyl groups is 1. The van der Waals surface area contributed by atoms with Gasteiger partial charge in [0.2, 0.25) is 0 Å². The Morgan fingerprint density at radius 3 is 2.41 bits per heavy atom. The number of benzene rings is 2. The van der Waals surface area contributed by atoms with Crippen molar-refractivity contribution in [3.63, 3.8) is 0 Å². The lowest BCUT2D eigenvalue weighted by Crippen LogP contribution is -2.30. The lowest BCUT2D eigenvalue weighted by Gasteiger charge is -2.26. The van der Waals surface area contributed by atoms with Crippen molar-refractivity contribution in [3.8, 4) is 11.5 Å². The molecule has 0 saturated carbocycles. The SMILES string of the molecule is COc1cc(OC)c(/C(O)=C2\C(=O)C(=O)N(c3cc(Cl)ccc3C)C2c2ccccn2)cc1Cl. The first kappa shape index (κ1) is 23.6. The second-order valence-electron chi connectivity index (χ2n) is 7.54. The molecule has 0 radical (unpaired) electrons. The number of pyridine rings is 1. The van der Waals surface area contributed by atoms with E-state index in [2.05, 4.69) is 4.98 Å². The van der Waals surface area contributed by atoms with Crippen LogP contribution in [-0.2, 0) is 9.59 Å². The van der Waals surface area contributed by atoms with Crippen molar-refractivity contribution < 1.29 is 24.2 Å². The molecule has 7 nitrogen and oxygen atoms in total. The Morgan fingerprint density at radius 1 is 1.03 bits per heavy atom. The molecule has 1 atom stereocenters. The largest absolute Gasteiger partial charge is 0.507 e. The minimum Gasteiger partial charge on any atom is -0.507 e. The number of ketones is 1. The molecule has 9 heteroatoms. The molecule has 0 bridgehead atoms. The fourth-order valence-electron chi connectivity index (χ4n) is 3.93.